The summed E-state index contributed by atoms with van der Waals surface area (Å²) in [5.41, 5.74) is -1.57. The van der Waals surface area contributed by atoms with Crippen molar-refractivity contribution < 1.29 is 24.3 Å². The number of fused-ring (bicyclic) bond motifs is 1. The van der Waals surface area contributed by atoms with Gasteiger partial charge in [0.05, 0.1) is 5.56 Å². The molecule has 0 bridgehead atoms. The third-order valence-corrected chi connectivity index (χ3v) is 8.22. The van der Waals surface area contributed by atoms with Gasteiger partial charge in [-0.3, -0.25) is 14.4 Å². The number of halogens is 3. The maximum Gasteiger partial charge on any atom is 0.327 e. The largest absolute Gasteiger partial charge is 0.480 e. The fourth-order valence-electron chi connectivity index (χ4n) is 3.59. The molecule has 2 heterocycles. The lowest BCUT2D eigenvalue weighted by Gasteiger charge is -2.51. The first-order valence-electron chi connectivity index (χ1n) is 8.06. The van der Waals surface area contributed by atoms with Crippen LogP contribution in [0, 0.1) is 0 Å². The van der Waals surface area contributed by atoms with E-state index in [-0.39, 0.29) is 5.56 Å². The van der Waals surface area contributed by atoms with Crippen molar-refractivity contribution in [1.29, 1.82) is 0 Å². The molecule has 2 amide bonds. The number of nitrogens with zero attached hydrogens (tertiary/aromatic N) is 1. The van der Waals surface area contributed by atoms with Crippen molar-refractivity contribution in [1.82, 2.24) is 10.2 Å². The van der Waals surface area contributed by atoms with Gasteiger partial charge in [0.2, 0.25) is 5.54 Å². The summed E-state index contributed by atoms with van der Waals surface area (Å²) in [5, 5.41) is 11.4. The zero-order valence-corrected chi connectivity index (χ0v) is 20.5. The van der Waals surface area contributed by atoms with E-state index < -0.39 is 45.3 Å². The van der Waals surface area contributed by atoms with E-state index in [9.17, 15) is 24.3 Å². The minimum atomic E-state index is -1.80. The number of carboxylic acids is 1. The molecule has 2 N–H and O–H groups in total. The molecule has 2 saturated heterocycles. The number of Topliss-reactive ketones (excluding diaryl/α,β-unsaturated/α-hetero) is 1. The number of carbonyl (C=O) groups is 4. The first-order chi connectivity index (χ1) is 12.8. The highest BCUT2D eigenvalue weighted by atomic mass is 79.9. The van der Waals surface area contributed by atoms with Crippen LogP contribution in [0.15, 0.2) is 25.6 Å². The molecule has 3 rings (SSSR count). The van der Waals surface area contributed by atoms with Crippen molar-refractivity contribution in [2.75, 3.05) is 0 Å². The molecule has 2 fully saturated rings. The Morgan fingerprint density at radius 3 is 2.18 bits per heavy atom. The van der Waals surface area contributed by atoms with Crippen molar-refractivity contribution in [3.63, 3.8) is 0 Å². The summed E-state index contributed by atoms with van der Waals surface area (Å²) in [5.74, 6) is -3.00. The lowest BCUT2D eigenvalue weighted by atomic mass is 9.81. The summed E-state index contributed by atoms with van der Waals surface area (Å²) in [6.45, 7) is 4.64. The van der Waals surface area contributed by atoms with E-state index in [2.05, 4.69) is 53.1 Å². The van der Waals surface area contributed by atoms with Gasteiger partial charge in [0.25, 0.3) is 11.8 Å². The molecule has 0 aromatic heterocycles. The molecule has 2 aliphatic rings. The zero-order valence-electron chi connectivity index (χ0n) is 14.9. The van der Waals surface area contributed by atoms with E-state index in [0.29, 0.717) is 8.95 Å². The Kier molecular flexibility index (Phi) is 5.53. The van der Waals surface area contributed by atoms with Gasteiger partial charge in [-0.25, -0.2) is 4.79 Å². The third-order valence-electron chi connectivity index (χ3n) is 4.88. The van der Waals surface area contributed by atoms with Gasteiger partial charge in [-0.2, -0.15) is 0 Å². The number of benzene rings is 1. The number of carbonyl (C=O) groups excluding carboxylic acids is 3. The molecule has 28 heavy (non-hydrogen) atoms. The highest BCUT2D eigenvalue weighted by Gasteiger charge is 2.74. The van der Waals surface area contributed by atoms with Crippen molar-refractivity contribution in [3.8, 4) is 0 Å². The van der Waals surface area contributed by atoms with Crippen LogP contribution in [0.4, 0.5) is 0 Å². The number of aliphatic carboxylic acids is 1. The third kappa shape index (κ3) is 3.05. The standard InChI is InChI=1S/C17H15Br3N2O5S/c1-6(23)17(21-12(24)10-8(19)4-7(18)5-9(10)20)14(27)22-11(13(25)26)16(2,3)28-15(17)22/h4-5,11,15H,1-3H3,(H,21,24)(H,25,26)/t11-,15+,17-/m0/s1. The van der Waals surface area contributed by atoms with Gasteiger partial charge in [0.15, 0.2) is 5.78 Å². The van der Waals surface area contributed by atoms with E-state index in [1.165, 1.54) is 23.6 Å². The number of β-lactam (4-membered cyclic amide) rings is 1. The van der Waals surface area contributed by atoms with Crippen molar-refractivity contribution >= 4 is 83.1 Å². The molecule has 0 spiro atoms. The van der Waals surface area contributed by atoms with Crippen molar-refractivity contribution in [2.24, 2.45) is 0 Å². The Hall–Kier alpha value is -0.910. The van der Waals surface area contributed by atoms with Crippen LogP contribution in [0.25, 0.3) is 0 Å². The Morgan fingerprint density at radius 2 is 1.71 bits per heavy atom. The van der Waals surface area contributed by atoms with Crippen LogP contribution in [-0.2, 0) is 14.4 Å². The number of carboxylic acid groups (broad SMARTS) is 1. The number of thioether (sulfide) groups is 1. The maximum atomic E-state index is 13.0. The van der Waals surface area contributed by atoms with E-state index in [4.69, 9.17) is 0 Å². The molecule has 11 heteroatoms. The predicted molar refractivity (Wildman–Crippen MR) is 114 cm³/mol. The molecule has 2 aliphatic heterocycles. The normalized spacial score (nSPS) is 27.8. The first kappa shape index (κ1) is 21.8. The monoisotopic (exact) mass is 596 g/mol. The van der Waals surface area contributed by atoms with E-state index in [1.54, 1.807) is 26.0 Å². The number of hydrogen-bond acceptors (Lipinski definition) is 5. The number of rotatable bonds is 4. The minimum Gasteiger partial charge on any atom is -0.480 e. The fraction of sp³-hybridized carbons (Fsp3) is 0.412. The average molecular weight is 599 g/mol. The highest BCUT2D eigenvalue weighted by molar-refractivity contribution is 9.11. The maximum absolute atomic E-state index is 13.0. The summed E-state index contributed by atoms with van der Waals surface area (Å²) in [7, 11) is 0. The van der Waals surface area contributed by atoms with Crippen LogP contribution in [0.3, 0.4) is 0 Å². The van der Waals surface area contributed by atoms with E-state index in [1.807, 2.05) is 0 Å². The Balaban J connectivity index is 2.00. The summed E-state index contributed by atoms with van der Waals surface area (Å²) in [6.07, 6.45) is 0. The van der Waals surface area contributed by atoms with Gasteiger partial charge in [0, 0.05) is 18.2 Å². The van der Waals surface area contributed by atoms with E-state index in [0.717, 1.165) is 4.47 Å². The fourth-order valence-corrected chi connectivity index (χ4v) is 7.96. The molecular formula is C17H15Br3N2O5S. The second-order valence-corrected chi connectivity index (χ2v) is 11.4. The molecule has 3 atom stereocenters. The van der Waals surface area contributed by atoms with Crippen molar-refractivity contribution in [3.05, 3.63) is 31.1 Å². The van der Waals surface area contributed by atoms with Gasteiger partial charge in [-0.05, 0) is 64.8 Å². The summed E-state index contributed by atoms with van der Waals surface area (Å²) in [4.78, 5) is 51.4. The summed E-state index contributed by atoms with van der Waals surface area (Å²) < 4.78 is 0.854. The number of nitrogens with one attached hydrogen (secondary N) is 1. The van der Waals surface area contributed by atoms with Crippen molar-refractivity contribution in [2.45, 2.75) is 42.5 Å². The van der Waals surface area contributed by atoms with Gasteiger partial charge in [-0.15, -0.1) is 11.8 Å². The highest BCUT2D eigenvalue weighted by Crippen LogP contribution is 2.55. The lowest BCUT2D eigenvalue weighted by Crippen LogP contribution is -2.82. The first-order valence-corrected chi connectivity index (χ1v) is 11.3. The lowest BCUT2D eigenvalue weighted by molar-refractivity contribution is -0.170. The molecule has 7 nitrogen and oxygen atoms in total. The molecule has 0 radical (unpaired) electrons. The van der Waals surface area contributed by atoms with Crippen LogP contribution in [0.1, 0.15) is 31.1 Å². The molecule has 1 aromatic carbocycles. The SMILES string of the molecule is CC(=O)[C@]1(NC(=O)c2c(Br)cc(Br)cc2Br)C(=O)N2[C@@H](C(=O)O)C(C)(C)S[C@@H]21. The van der Waals surface area contributed by atoms with Crippen LogP contribution in [0.2, 0.25) is 0 Å². The van der Waals surface area contributed by atoms with Gasteiger partial charge in [-0.1, -0.05) is 15.9 Å². The zero-order chi connectivity index (χ0) is 21.2. The van der Waals surface area contributed by atoms with Crippen LogP contribution < -0.4 is 5.32 Å². The summed E-state index contributed by atoms with van der Waals surface area (Å²) >= 11 is 11.2. The number of hydrogen-bond donors (Lipinski definition) is 2. The van der Waals surface area contributed by atoms with Gasteiger partial charge >= 0.3 is 5.97 Å². The Bertz CT molecular complexity index is 914. The molecule has 1 aromatic rings. The molecule has 0 saturated carbocycles. The molecular weight excluding hydrogens is 584 g/mol. The quantitative estimate of drug-likeness (QED) is 0.408. The Labute approximate surface area is 190 Å². The number of amides is 2. The van der Waals surface area contributed by atoms with Crippen LogP contribution >= 0.6 is 59.6 Å². The second kappa shape index (κ2) is 7.10. The number of ketones is 1. The topological polar surface area (TPSA) is 104 Å². The van der Waals surface area contributed by atoms with Crippen LogP contribution in [-0.4, -0.2) is 55.3 Å². The second-order valence-electron chi connectivity index (χ2n) is 7.09. The average Bonchev–Trinajstić information content (AvgIpc) is 2.80. The predicted octanol–water partition coefficient (Wildman–Crippen LogP) is 3.18. The van der Waals surface area contributed by atoms with E-state index >= 15 is 0 Å². The summed E-state index contributed by atoms with van der Waals surface area (Å²) in [6, 6.07) is 2.26. The van der Waals surface area contributed by atoms with Gasteiger partial charge in [0.1, 0.15) is 11.4 Å². The minimum absolute atomic E-state index is 0.229. The smallest absolute Gasteiger partial charge is 0.327 e. The molecule has 150 valence electrons. The Morgan fingerprint density at radius 1 is 1.18 bits per heavy atom. The molecule has 0 unspecified atom stereocenters. The van der Waals surface area contributed by atoms with Gasteiger partial charge < -0.3 is 15.3 Å². The van der Waals surface area contributed by atoms with Crippen LogP contribution in [0.5, 0.6) is 0 Å². The molecule has 0 aliphatic carbocycles.